The Hall–Kier alpha value is -1.09. The summed E-state index contributed by atoms with van der Waals surface area (Å²) in [6.45, 7) is 5.38. The largest absolute Gasteiger partial charge is 0.384 e. The van der Waals surface area contributed by atoms with Crippen LogP contribution in [0.5, 0.6) is 0 Å². The Morgan fingerprint density at radius 2 is 2.05 bits per heavy atom. The monoisotopic (exact) mass is 332 g/mol. The quantitative estimate of drug-likeness (QED) is 0.854. The zero-order valence-electron chi connectivity index (χ0n) is 12.2. The molecule has 1 heterocycles. The molecule has 20 heavy (non-hydrogen) atoms. The molecule has 0 spiro atoms. The average molecular weight is 333 g/mol. The molecule has 2 nitrogen and oxygen atoms in total. The van der Waals surface area contributed by atoms with Gasteiger partial charge in [0.2, 0.25) is 0 Å². The molecule has 106 valence electrons. The fourth-order valence-electron chi connectivity index (χ4n) is 3.07. The predicted octanol–water partition coefficient (Wildman–Crippen LogP) is 5.01. The van der Waals surface area contributed by atoms with Gasteiger partial charge in [0, 0.05) is 27.8 Å². The Kier molecular flexibility index (Phi) is 3.97. The number of hydrogen-bond acceptors (Lipinski definition) is 2. The summed E-state index contributed by atoms with van der Waals surface area (Å²) in [6.07, 6.45) is 5.98. The highest BCUT2D eigenvalue weighted by atomic mass is 79.9. The maximum atomic E-state index is 4.94. The van der Waals surface area contributed by atoms with Crippen molar-refractivity contribution in [3.05, 3.63) is 33.4 Å². The van der Waals surface area contributed by atoms with Gasteiger partial charge in [0.25, 0.3) is 0 Å². The molecular weight excluding hydrogens is 312 g/mol. The number of rotatable bonds is 3. The lowest BCUT2D eigenvalue weighted by molar-refractivity contribution is 0.672. The molecule has 3 rings (SSSR count). The molecule has 0 fully saturated rings. The molecule has 1 aromatic heterocycles. The highest BCUT2D eigenvalue weighted by Gasteiger charge is 2.19. The van der Waals surface area contributed by atoms with Crippen LogP contribution < -0.4 is 5.32 Å². The summed E-state index contributed by atoms with van der Waals surface area (Å²) >= 11 is 3.69. The van der Waals surface area contributed by atoms with Gasteiger partial charge >= 0.3 is 0 Å². The van der Waals surface area contributed by atoms with Crippen molar-refractivity contribution in [2.45, 2.75) is 46.0 Å². The van der Waals surface area contributed by atoms with E-state index in [1.54, 1.807) is 0 Å². The Morgan fingerprint density at radius 3 is 2.85 bits per heavy atom. The molecule has 2 aromatic rings. The van der Waals surface area contributed by atoms with Gasteiger partial charge < -0.3 is 5.32 Å². The maximum Gasteiger partial charge on any atom is 0.0868 e. The van der Waals surface area contributed by atoms with E-state index in [1.807, 2.05) is 0 Å². The lowest BCUT2D eigenvalue weighted by Crippen LogP contribution is -2.12. The predicted molar refractivity (Wildman–Crippen MR) is 89.6 cm³/mol. The van der Waals surface area contributed by atoms with E-state index >= 15 is 0 Å². The molecule has 0 saturated heterocycles. The van der Waals surface area contributed by atoms with Gasteiger partial charge in [-0.15, -0.1) is 0 Å². The fraction of sp³-hybridized carbons (Fsp3) is 0.471. The number of pyridine rings is 1. The molecule has 0 radical (unpaired) electrons. The molecule has 1 aromatic carbocycles. The van der Waals surface area contributed by atoms with Crippen LogP contribution in [0.2, 0.25) is 0 Å². The van der Waals surface area contributed by atoms with E-state index < -0.39 is 0 Å². The highest BCUT2D eigenvalue weighted by molar-refractivity contribution is 9.10. The zero-order chi connectivity index (χ0) is 14.1. The first-order chi connectivity index (χ1) is 9.70. The number of aryl methyl sites for hydroxylation is 2. The normalized spacial score (nSPS) is 14.3. The summed E-state index contributed by atoms with van der Waals surface area (Å²) in [5.41, 5.74) is 6.47. The third kappa shape index (κ3) is 2.44. The minimum absolute atomic E-state index is 1.02. The summed E-state index contributed by atoms with van der Waals surface area (Å²) in [6, 6.07) is 4.42. The second kappa shape index (κ2) is 5.72. The van der Waals surface area contributed by atoms with Crippen LogP contribution in [-0.4, -0.2) is 11.5 Å². The Morgan fingerprint density at radius 1 is 1.25 bits per heavy atom. The molecule has 0 amide bonds. The lowest BCUT2D eigenvalue weighted by Gasteiger charge is -2.22. The molecule has 3 heteroatoms. The number of anilines is 1. The first kappa shape index (κ1) is 13.9. The summed E-state index contributed by atoms with van der Waals surface area (Å²) in [7, 11) is 0. The molecule has 1 N–H and O–H groups in total. The topological polar surface area (TPSA) is 24.9 Å². The molecule has 0 saturated carbocycles. The molecule has 0 atom stereocenters. The van der Waals surface area contributed by atoms with Gasteiger partial charge in [0.05, 0.1) is 5.52 Å². The van der Waals surface area contributed by atoms with Crippen LogP contribution in [0.3, 0.4) is 0 Å². The third-order valence-corrected chi connectivity index (χ3v) is 4.62. The van der Waals surface area contributed by atoms with E-state index in [2.05, 4.69) is 47.2 Å². The summed E-state index contributed by atoms with van der Waals surface area (Å²) < 4.78 is 1.11. The van der Waals surface area contributed by atoms with Crippen LogP contribution in [0.4, 0.5) is 5.69 Å². The van der Waals surface area contributed by atoms with E-state index in [4.69, 9.17) is 4.98 Å². The van der Waals surface area contributed by atoms with Crippen LogP contribution in [0.25, 0.3) is 10.9 Å². The van der Waals surface area contributed by atoms with Gasteiger partial charge in [-0.25, -0.2) is 0 Å². The summed E-state index contributed by atoms with van der Waals surface area (Å²) in [5.74, 6) is 0. The summed E-state index contributed by atoms with van der Waals surface area (Å²) in [4.78, 5) is 4.94. The van der Waals surface area contributed by atoms with Crippen molar-refractivity contribution in [2.75, 3.05) is 11.9 Å². The van der Waals surface area contributed by atoms with Crippen molar-refractivity contribution in [3.63, 3.8) is 0 Å². The average Bonchev–Trinajstić information content (AvgIpc) is 2.44. The van der Waals surface area contributed by atoms with Crippen LogP contribution in [0, 0.1) is 6.92 Å². The number of halogens is 1. The molecule has 0 unspecified atom stereocenters. The van der Waals surface area contributed by atoms with Crippen molar-refractivity contribution in [2.24, 2.45) is 0 Å². The number of aromatic nitrogens is 1. The Bertz CT molecular complexity index is 649. The molecule has 1 aliphatic rings. The number of nitrogens with one attached hydrogen (secondary N) is 1. The van der Waals surface area contributed by atoms with Crippen molar-refractivity contribution in [1.82, 2.24) is 4.98 Å². The van der Waals surface area contributed by atoms with E-state index in [0.29, 0.717) is 0 Å². The second-order valence-electron chi connectivity index (χ2n) is 5.69. The van der Waals surface area contributed by atoms with E-state index in [-0.39, 0.29) is 0 Å². The molecular formula is C17H21BrN2. The van der Waals surface area contributed by atoms with Gasteiger partial charge in [-0.3, -0.25) is 4.98 Å². The maximum absolute atomic E-state index is 4.94. The lowest BCUT2D eigenvalue weighted by atomic mass is 9.92. The van der Waals surface area contributed by atoms with E-state index in [1.165, 1.54) is 40.7 Å². The first-order valence-corrected chi connectivity index (χ1v) is 8.35. The van der Waals surface area contributed by atoms with Gasteiger partial charge in [0.15, 0.2) is 0 Å². The standard InChI is InChI=1S/C17H21BrN2/c1-3-8-19-16-12-6-4-5-7-15(12)20-17-13(16)9-11(2)10-14(17)18/h9-10H,3-8H2,1-2H3,(H,19,20). The van der Waals surface area contributed by atoms with Crippen LogP contribution in [0.1, 0.15) is 43.0 Å². The van der Waals surface area contributed by atoms with Crippen LogP contribution in [-0.2, 0) is 12.8 Å². The van der Waals surface area contributed by atoms with Gasteiger partial charge in [-0.1, -0.05) is 6.92 Å². The second-order valence-corrected chi connectivity index (χ2v) is 6.54. The van der Waals surface area contributed by atoms with Crippen molar-refractivity contribution in [1.29, 1.82) is 0 Å². The van der Waals surface area contributed by atoms with Crippen molar-refractivity contribution < 1.29 is 0 Å². The van der Waals surface area contributed by atoms with E-state index in [9.17, 15) is 0 Å². The van der Waals surface area contributed by atoms with Gasteiger partial charge in [0.1, 0.15) is 0 Å². The fourth-order valence-corrected chi connectivity index (χ4v) is 3.73. The van der Waals surface area contributed by atoms with Gasteiger partial charge in [-0.2, -0.15) is 0 Å². The molecule has 0 bridgehead atoms. The van der Waals surface area contributed by atoms with Crippen LogP contribution in [0.15, 0.2) is 16.6 Å². The molecule has 0 aliphatic heterocycles. The molecule has 1 aliphatic carbocycles. The number of fused-ring (bicyclic) bond motifs is 2. The zero-order valence-corrected chi connectivity index (χ0v) is 13.8. The number of nitrogens with zero attached hydrogens (tertiary/aromatic N) is 1. The Balaban J connectivity index is 2.27. The first-order valence-electron chi connectivity index (χ1n) is 7.56. The minimum Gasteiger partial charge on any atom is -0.384 e. The van der Waals surface area contributed by atoms with Gasteiger partial charge in [-0.05, 0) is 78.2 Å². The van der Waals surface area contributed by atoms with E-state index in [0.717, 1.165) is 35.8 Å². The minimum atomic E-state index is 1.02. The Labute approximate surface area is 129 Å². The SMILES string of the molecule is CCCNc1c2c(nc3c(Br)cc(C)cc13)CCCC2. The summed E-state index contributed by atoms with van der Waals surface area (Å²) in [5, 5.41) is 4.93. The van der Waals surface area contributed by atoms with Crippen molar-refractivity contribution in [3.8, 4) is 0 Å². The van der Waals surface area contributed by atoms with Crippen LogP contribution >= 0.6 is 15.9 Å². The highest BCUT2D eigenvalue weighted by Crippen LogP contribution is 2.36. The number of benzene rings is 1. The third-order valence-electron chi connectivity index (χ3n) is 4.02. The van der Waals surface area contributed by atoms with Crippen molar-refractivity contribution >= 4 is 32.5 Å². The number of hydrogen-bond donors (Lipinski definition) is 1. The smallest absolute Gasteiger partial charge is 0.0868 e.